The van der Waals surface area contributed by atoms with Crippen molar-refractivity contribution in [2.75, 3.05) is 11.9 Å². The second-order valence-electron chi connectivity index (χ2n) is 5.10. The van der Waals surface area contributed by atoms with Gasteiger partial charge in [-0.15, -0.1) is 11.3 Å². The fourth-order valence-electron chi connectivity index (χ4n) is 2.04. The second-order valence-corrected chi connectivity index (χ2v) is 6.30. The first-order valence-electron chi connectivity index (χ1n) is 5.89. The van der Waals surface area contributed by atoms with E-state index in [0.29, 0.717) is 11.3 Å². The zero-order valence-corrected chi connectivity index (χ0v) is 11.2. The number of aryl methyl sites for hydroxylation is 1. The van der Waals surface area contributed by atoms with Crippen LogP contribution in [0.5, 0.6) is 0 Å². The Bertz CT molecular complexity index is 436. The average Bonchev–Trinajstić information content (AvgIpc) is 2.94. The summed E-state index contributed by atoms with van der Waals surface area (Å²) in [5, 5.41) is 12.9. The van der Waals surface area contributed by atoms with Gasteiger partial charge in [0, 0.05) is 11.4 Å². The third kappa shape index (κ3) is 2.44. The lowest BCUT2D eigenvalue weighted by atomic mass is 9.92. The molecule has 0 unspecified atom stereocenters. The summed E-state index contributed by atoms with van der Waals surface area (Å²) in [6.45, 7) is 7.17. The number of hydrogen-bond acceptors (Lipinski definition) is 4. The number of aromatic nitrogens is 1. The van der Waals surface area contributed by atoms with E-state index >= 15 is 0 Å². The summed E-state index contributed by atoms with van der Waals surface area (Å²) >= 11 is 1.42. The second kappa shape index (κ2) is 4.29. The molecule has 1 aliphatic rings. The Morgan fingerprint density at radius 3 is 2.65 bits per heavy atom. The van der Waals surface area contributed by atoms with Crippen LogP contribution in [0.3, 0.4) is 0 Å². The van der Waals surface area contributed by atoms with Gasteiger partial charge in [-0.3, -0.25) is 0 Å². The van der Waals surface area contributed by atoms with Crippen molar-refractivity contribution in [3.63, 3.8) is 0 Å². The highest BCUT2D eigenvalue weighted by atomic mass is 32.1. The SMILES string of the molecule is Cc1sc(NCC2(C(C)C)CC2)nc1C(=O)O. The summed E-state index contributed by atoms with van der Waals surface area (Å²) in [6.07, 6.45) is 2.52. The Morgan fingerprint density at radius 2 is 2.24 bits per heavy atom. The molecule has 1 saturated carbocycles. The molecule has 0 radical (unpaired) electrons. The highest BCUT2D eigenvalue weighted by Gasteiger charge is 2.45. The first kappa shape index (κ1) is 12.4. The Morgan fingerprint density at radius 1 is 1.59 bits per heavy atom. The summed E-state index contributed by atoms with van der Waals surface area (Å²) < 4.78 is 0. The van der Waals surface area contributed by atoms with E-state index in [1.807, 2.05) is 0 Å². The monoisotopic (exact) mass is 254 g/mol. The fraction of sp³-hybridized carbons (Fsp3) is 0.667. The van der Waals surface area contributed by atoms with Gasteiger partial charge in [0.15, 0.2) is 10.8 Å². The fourth-order valence-corrected chi connectivity index (χ4v) is 2.84. The van der Waals surface area contributed by atoms with Crippen molar-refractivity contribution in [2.45, 2.75) is 33.6 Å². The number of nitrogens with zero attached hydrogens (tertiary/aromatic N) is 1. The van der Waals surface area contributed by atoms with E-state index in [1.165, 1.54) is 24.2 Å². The number of carboxylic acid groups (broad SMARTS) is 1. The number of rotatable bonds is 5. The minimum Gasteiger partial charge on any atom is -0.476 e. The van der Waals surface area contributed by atoms with Crippen molar-refractivity contribution in [3.05, 3.63) is 10.6 Å². The number of carboxylic acids is 1. The van der Waals surface area contributed by atoms with Crippen molar-refractivity contribution in [1.82, 2.24) is 4.98 Å². The van der Waals surface area contributed by atoms with Crippen molar-refractivity contribution in [2.24, 2.45) is 11.3 Å². The Balaban J connectivity index is 2.00. The molecule has 1 heterocycles. The van der Waals surface area contributed by atoms with Crippen LogP contribution >= 0.6 is 11.3 Å². The molecule has 2 N–H and O–H groups in total. The van der Waals surface area contributed by atoms with Crippen molar-refractivity contribution in [1.29, 1.82) is 0 Å². The van der Waals surface area contributed by atoms with Gasteiger partial charge in [0.25, 0.3) is 0 Å². The van der Waals surface area contributed by atoms with Crippen LogP contribution in [-0.2, 0) is 0 Å². The molecule has 0 bridgehead atoms. The molecule has 0 amide bonds. The van der Waals surface area contributed by atoms with Crippen LogP contribution in [-0.4, -0.2) is 22.6 Å². The van der Waals surface area contributed by atoms with E-state index in [9.17, 15) is 4.79 Å². The lowest BCUT2D eigenvalue weighted by molar-refractivity contribution is 0.0690. The third-order valence-corrected chi connectivity index (χ3v) is 4.64. The molecule has 0 atom stereocenters. The lowest BCUT2D eigenvalue weighted by Crippen LogP contribution is -2.20. The van der Waals surface area contributed by atoms with Crippen LogP contribution in [0.4, 0.5) is 5.13 Å². The molecule has 5 heteroatoms. The largest absolute Gasteiger partial charge is 0.476 e. The molecule has 0 aromatic carbocycles. The Hall–Kier alpha value is -1.10. The molecule has 1 fully saturated rings. The molecular weight excluding hydrogens is 236 g/mol. The summed E-state index contributed by atoms with van der Waals surface area (Å²) in [7, 11) is 0. The Labute approximate surface area is 105 Å². The van der Waals surface area contributed by atoms with Gasteiger partial charge >= 0.3 is 5.97 Å². The van der Waals surface area contributed by atoms with E-state index in [-0.39, 0.29) is 5.69 Å². The number of hydrogen-bond donors (Lipinski definition) is 2. The summed E-state index contributed by atoms with van der Waals surface area (Å²) in [5.74, 6) is -0.285. The molecule has 2 rings (SSSR count). The molecule has 94 valence electrons. The molecule has 1 aliphatic carbocycles. The van der Waals surface area contributed by atoms with Gasteiger partial charge in [-0.2, -0.15) is 0 Å². The standard InChI is InChI=1S/C12H18N2O2S/c1-7(2)12(4-5-12)6-13-11-14-9(10(15)16)8(3)17-11/h7H,4-6H2,1-3H3,(H,13,14)(H,15,16). The highest BCUT2D eigenvalue weighted by molar-refractivity contribution is 7.15. The van der Waals surface area contributed by atoms with Gasteiger partial charge in [0.2, 0.25) is 0 Å². The molecule has 0 aliphatic heterocycles. The highest BCUT2D eigenvalue weighted by Crippen LogP contribution is 2.51. The van der Waals surface area contributed by atoms with E-state index in [1.54, 1.807) is 6.92 Å². The van der Waals surface area contributed by atoms with Crippen molar-refractivity contribution in [3.8, 4) is 0 Å². The third-order valence-electron chi connectivity index (χ3n) is 3.71. The van der Waals surface area contributed by atoms with Gasteiger partial charge < -0.3 is 10.4 Å². The van der Waals surface area contributed by atoms with Crippen molar-refractivity contribution >= 4 is 22.4 Å². The Kier molecular flexibility index (Phi) is 3.12. The van der Waals surface area contributed by atoms with Crippen LogP contribution in [0.1, 0.15) is 42.1 Å². The van der Waals surface area contributed by atoms with Gasteiger partial charge in [0.1, 0.15) is 0 Å². The zero-order valence-electron chi connectivity index (χ0n) is 10.4. The van der Waals surface area contributed by atoms with Gasteiger partial charge in [-0.05, 0) is 31.1 Å². The summed E-state index contributed by atoms with van der Waals surface area (Å²) in [6, 6.07) is 0. The molecule has 17 heavy (non-hydrogen) atoms. The summed E-state index contributed by atoms with van der Waals surface area (Å²) in [4.78, 5) is 15.7. The molecule has 0 saturated heterocycles. The smallest absolute Gasteiger partial charge is 0.355 e. The number of nitrogens with one attached hydrogen (secondary N) is 1. The predicted molar refractivity (Wildman–Crippen MR) is 68.8 cm³/mol. The number of carbonyl (C=O) groups is 1. The maximum Gasteiger partial charge on any atom is 0.355 e. The predicted octanol–water partition coefficient (Wildman–Crippen LogP) is 3.00. The minimum absolute atomic E-state index is 0.173. The summed E-state index contributed by atoms with van der Waals surface area (Å²) in [5.41, 5.74) is 0.579. The van der Waals surface area contributed by atoms with Crippen LogP contribution in [0, 0.1) is 18.3 Å². The maximum atomic E-state index is 10.9. The topological polar surface area (TPSA) is 62.2 Å². The van der Waals surface area contributed by atoms with Crippen LogP contribution in [0.2, 0.25) is 0 Å². The molecule has 0 spiro atoms. The van der Waals surface area contributed by atoms with E-state index in [0.717, 1.165) is 16.6 Å². The van der Waals surface area contributed by atoms with Crippen LogP contribution in [0.25, 0.3) is 0 Å². The number of aromatic carboxylic acids is 1. The molecule has 4 nitrogen and oxygen atoms in total. The molecular formula is C12H18N2O2S. The van der Waals surface area contributed by atoms with Gasteiger partial charge in [0.05, 0.1) is 0 Å². The quantitative estimate of drug-likeness (QED) is 0.848. The van der Waals surface area contributed by atoms with Crippen molar-refractivity contribution < 1.29 is 9.90 Å². The van der Waals surface area contributed by atoms with Gasteiger partial charge in [-0.25, -0.2) is 9.78 Å². The van der Waals surface area contributed by atoms with Gasteiger partial charge in [-0.1, -0.05) is 13.8 Å². The minimum atomic E-state index is -0.947. The normalized spacial score (nSPS) is 17.2. The number of thiazole rings is 1. The van der Waals surface area contributed by atoms with E-state index in [4.69, 9.17) is 5.11 Å². The van der Waals surface area contributed by atoms with Crippen LogP contribution < -0.4 is 5.32 Å². The average molecular weight is 254 g/mol. The first-order valence-corrected chi connectivity index (χ1v) is 6.71. The number of anilines is 1. The first-order chi connectivity index (χ1) is 7.94. The van der Waals surface area contributed by atoms with E-state index < -0.39 is 5.97 Å². The lowest BCUT2D eigenvalue weighted by Gasteiger charge is -2.19. The molecule has 1 aromatic heterocycles. The molecule has 1 aromatic rings. The van der Waals surface area contributed by atoms with E-state index in [2.05, 4.69) is 24.1 Å². The maximum absolute atomic E-state index is 10.9. The zero-order chi connectivity index (χ0) is 12.6. The van der Waals surface area contributed by atoms with Crippen LogP contribution in [0.15, 0.2) is 0 Å².